The van der Waals surface area contributed by atoms with E-state index in [1.165, 1.54) is 18.3 Å². The molecule has 0 radical (unpaired) electrons. The van der Waals surface area contributed by atoms with E-state index in [2.05, 4.69) is 10.5 Å². The van der Waals surface area contributed by atoms with Gasteiger partial charge < -0.3 is 9.52 Å². The summed E-state index contributed by atoms with van der Waals surface area (Å²) < 4.78 is 5.67. The van der Waals surface area contributed by atoms with Crippen LogP contribution in [0.4, 0.5) is 0 Å². The number of rotatable bonds is 4. The summed E-state index contributed by atoms with van der Waals surface area (Å²) >= 11 is 6.12. The van der Waals surface area contributed by atoms with E-state index in [9.17, 15) is 9.90 Å². The number of aromatic hydroxyl groups is 1. The minimum absolute atomic E-state index is 0.105. The van der Waals surface area contributed by atoms with Crippen LogP contribution in [0, 0.1) is 6.92 Å². The van der Waals surface area contributed by atoms with Crippen LogP contribution in [0.3, 0.4) is 0 Å². The van der Waals surface area contributed by atoms with Crippen molar-refractivity contribution in [3.05, 3.63) is 76.5 Å². The van der Waals surface area contributed by atoms with Crippen molar-refractivity contribution in [2.45, 2.75) is 6.92 Å². The van der Waals surface area contributed by atoms with E-state index in [0.717, 1.165) is 11.1 Å². The van der Waals surface area contributed by atoms with Gasteiger partial charge in [-0.05, 0) is 42.8 Å². The minimum Gasteiger partial charge on any atom is -0.507 e. The largest absolute Gasteiger partial charge is 0.507 e. The van der Waals surface area contributed by atoms with Gasteiger partial charge in [0, 0.05) is 10.6 Å². The normalized spacial score (nSPS) is 11.0. The maximum atomic E-state index is 11.9. The maximum Gasteiger partial charge on any atom is 0.275 e. The van der Waals surface area contributed by atoms with E-state index < -0.39 is 5.91 Å². The van der Waals surface area contributed by atoms with Gasteiger partial charge in [0.2, 0.25) is 0 Å². The number of amides is 1. The number of hydrazone groups is 1. The molecule has 0 atom stereocenters. The van der Waals surface area contributed by atoms with Crippen molar-refractivity contribution in [1.29, 1.82) is 0 Å². The third kappa shape index (κ3) is 3.89. The lowest BCUT2D eigenvalue weighted by atomic mass is 10.1. The predicted octanol–water partition coefficient (Wildman–Crippen LogP) is 4.38. The SMILES string of the molecule is Cc1ccc(-c2ccc(/C=N\NC(=O)c3ccccc3O)o2)cc1Cl. The molecule has 0 unspecified atom stereocenters. The summed E-state index contributed by atoms with van der Waals surface area (Å²) in [5, 5.41) is 14.1. The van der Waals surface area contributed by atoms with Crippen LogP contribution in [-0.2, 0) is 0 Å². The summed E-state index contributed by atoms with van der Waals surface area (Å²) in [6.45, 7) is 1.93. The van der Waals surface area contributed by atoms with Crippen molar-refractivity contribution in [3.8, 4) is 17.1 Å². The van der Waals surface area contributed by atoms with Crippen LogP contribution >= 0.6 is 11.6 Å². The number of carbonyl (C=O) groups is 1. The quantitative estimate of drug-likeness (QED) is 0.539. The molecule has 5 nitrogen and oxygen atoms in total. The number of furan rings is 1. The number of nitrogens with one attached hydrogen (secondary N) is 1. The zero-order valence-electron chi connectivity index (χ0n) is 13.4. The topological polar surface area (TPSA) is 74.8 Å². The number of halogens is 1. The van der Waals surface area contributed by atoms with Gasteiger partial charge in [0.15, 0.2) is 0 Å². The Morgan fingerprint density at radius 3 is 2.76 bits per heavy atom. The summed E-state index contributed by atoms with van der Waals surface area (Å²) in [6.07, 6.45) is 1.39. The second-order valence-electron chi connectivity index (χ2n) is 5.38. The minimum atomic E-state index is -0.508. The van der Waals surface area contributed by atoms with Gasteiger partial charge in [0.1, 0.15) is 17.3 Å². The highest BCUT2D eigenvalue weighted by atomic mass is 35.5. The number of phenols is 1. The van der Waals surface area contributed by atoms with Crippen LogP contribution in [0.2, 0.25) is 5.02 Å². The fraction of sp³-hybridized carbons (Fsp3) is 0.0526. The Morgan fingerprint density at radius 1 is 1.20 bits per heavy atom. The van der Waals surface area contributed by atoms with E-state index in [4.69, 9.17) is 16.0 Å². The van der Waals surface area contributed by atoms with Gasteiger partial charge in [-0.2, -0.15) is 5.10 Å². The molecule has 126 valence electrons. The first-order valence-electron chi connectivity index (χ1n) is 7.52. The molecule has 0 fully saturated rings. The summed E-state index contributed by atoms with van der Waals surface area (Å²) in [4.78, 5) is 11.9. The molecule has 6 heteroatoms. The lowest BCUT2D eigenvalue weighted by Gasteiger charge is -2.01. The molecule has 0 saturated heterocycles. The molecule has 2 N–H and O–H groups in total. The molecule has 1 heterocycles. The second-order valence-corrected chi connectivity index (χ2v) is 5.79. The summed E-state index contributed by atoms with van der Waals surface area (Å²) in [5.74, 6) is 0.512. The highest BCUT2D eigenvalue weighted by Crippen LogP contribution is 2.26. The number of phenolic OH excluding ortho intramolecular Hbond substituents is 1. The van der Waals surface area contributed by atoms with Gasteiger partial charge in [-0.3, -0.25) is 4.79 Å². The van der Waals surface area contributed by atoms with Crippen molar-refractivity contribution in [2.75, 3.05) is 0 Å². The van der Waals surface area contributed by atoms with Crippen molar-refractivity contribution in [2.24, 2.45) is 5.10 Å². The third-order valence-electron chi connectivity index (χ3n) is 3.59. The number of hydrogen-bond acceptors (Lipinski definition) is 4. The molecule has 0 aliphatic carbocycles. The maximum absolute atomic E-state index is 11.9. The van der Waals surface area contributed by atoms with Gasteiger partial charge in [-0.1, -0.05) is 35.9 Å². The second kappa shape index (κ2) is 7.23. The van der Waals surface area contributed by atoms with Crippen LogP contribution in [0.15, 0.2) is 64.1 Å². The molecule has 1 aromatic heterocycles. The van der Waals surface area contributed by atoms with Crippen molar-refractivity contribution in [1.82, 2.24) is 5.43 Å². The number of aryl methyl sites for hydroxylation is 1. The molecular formula is C19H15ClN2O3. The standard InChI is InChI=1S/C19H15ClN2O3/c1-12-6-7-13(10-16(12)20)18-9-8-14(25-18)11-21-22-19(24)15-4-2-3-5-17(15)23/h2-11,23H,1H3,(H,22,24)/b21-11-. The average molecular weight is 355 g/mol. The Balaban J connectivity index is 1.69. The molecule has 3 rings (SSSR count). The van der Waals surface area contributed by atoms with Gasteiger partial charge in [0.05, 0.1) is 11.8 Å². The van der Waals surface area contributed by atoms with E-state index in [1.54, 1.807) is 24.3 Å². The van der Waals surface area contributed by atoms with Gasteiger partial charge in [0.25, 0.3) is 5.91 Å². The van der Waals surface area contributed by atoms with Crippen LogP contribution in [0.5, 0.6) is 5.75 Å². The molecule has 0 aliphatic rings. The number of para-hydroxylation sites is 1. The predicted molar refractivity (Wildman–Crippen MR) is 97.1 cm³/mol. The van der Waals surface area contributed by atoms with E-state index in [0.29, 0.717) is 16.5 Å². The van der Waals surface area contributed by atoms with Crippen molar-refractivity contribution in [3.63, 3.8) is 0 Å². The lowest BCUT2D eigenvalue weighted by Crippen LogP contribution is -2.17. The van der Waals surface area contributed by atoms with Crippen molar-refractivity contribution >= 4 is 23.7 Å². The lowest BCUT2D eigenvalue weighted by molar-refractivity contribution is 0.0952. The molecule has 25 heavy (non-hydrogen) atoms. The van der Waals surface area contributed by atoms with Gasteiger partial charge >= 0.3 is 0 Å². The number of carbonyl (C=O) groups excluding carboxylic acids is 1. The number of benzene rings is 2. The molecule has 3 aromatic rings. The van der Waals surface area contributed by atoms with E-state index in [1.807, 2.05) is 25.1 Å². The molecule has 0 saturated carbocycles. The summed E-state index contributed by atoms with van der Waals surface area (Å²) in [6, 6.07) is 15.4. The highest BCUT2D eigenvalue weighted by Gasteiger charge is 2.09. The Labute approximate surface area is 149 Å². The number of nitrogens with zero attached hydrogens (tertiary/aromatic N) is 1. The van der Waals surface area contributed by atoms with E-state index in [-0.39, 0.29) is 11.3 Å². The van der Waals surface area contributed by atoms with E-state index >= 15 is 0 Å². The van der Waals surface area contributed by atoms with Gasteiger partial charge in [-0.25, -0.2) is 5.43 Å². The monoisotopic (exact) mass is 354 g/mol. The Hall–Kier alpha value is -3.05. The Morgan fingerprint density at radius 2 is 2.00 bits per heavy atom. The first kappa shape index (κ1) is 16.8. The number of hydrogen-bond donors (Lipinski definition) is 2. The summed E-state index contributed by atoms with van der Waals surface area (Å²) in [5.41, 5.74) is 4.34. The zero-order chi connectivity index (χ0) is 17.8. The molecule has 2 aromatic carbocycles. The average Bonchev–Trinajstić information content (AvgIpc) is 3.06. The molecular weight excluding hydrogens is 340 g/mol. The highest BCUT2D eigenvalue weighted by molar-refractivity contribution is 6.31. The smallest absolute Gasteiger partial charge is 0.275 e. The zero-order valence-corrected chi connectivity index (χ0v) is 14.1. The fourth-order valence-corrected chi connectivity index (χ4v) is 2.38. The molecule has 0 aliphatic heterocycles. The first-order chi connectivity index (χ1) is 12.0. The molecule has 1 amide bonds. The Bertz CT molecular complexity index is 947. The first-order valence-corrected chi connectivity index (χ1v) is 7.90. The Kier molecular flexibility index (Phi) is 4.86. The van der Waals surface area contributed by atoms with Crippen LogP contribution in [0.25, 0.3) is 11.3 Å². The van der Waals surface area contributed by atoms with Gasteiger partial charge in [-0.15, -0.1) is 0 Å². The van der Waals surface area contributed by atoms with Crippen LogP contribution < -0.4 is 5.43 Å². The van der Waals surface area contributed by atoms with Crippen LogP contribution in [-0.4, -0.2) is 17.2 Å². The molecule has 0 bridgehead atoms. The summed E-state index contributed by atoms with van der Waals surface area (Å²) in [7, 11) is 0. The fourth-order valence-electron chi connectivity index (χ4n) is 2.20. The third-order valence-corrected chi connectivity index (χ3v) is 4.00. The molecule has 0 spiro atoms. The van der Waals surface area contributed by atoms with Crippen molar-refractivity contribution < 1.29 is 14.3 Å². The van der Waals surface area contributed by atoms with Crippen LogP contribution in [0.1, 0.15) is 21.7 Å².